The summed E-state index contributed by atoms with van der Waals surface area (Å²) in [6.45, 7) is 0.350. The van der Waals surface area contributed by atoms with E-state index in [0.29, 0.717) is 24.2 Å². The molecule has 0 spiro atoms. The molecule has 10 heteroatoms. The molecule has 198 valence electrons. The summed E-state index contributed by atoms with van der Waals surface area (Å²) >= 11 is 0. The third-order valence-corrected chi connectivity index (χ3v) is 8.20. The first-order valence-electron chi connectivity index (χ1n) is 12.5. The van der Waals surface area contributed by atoms with Crippen molar-refractivity contribution in [1.29, 1.82) is 0 Å². The van der Waals surface area contributed by atoms with Crippen molar-refractivity contribution in [3.63, 3.8) is 0 Å². The Labute approximate surface area is 219 Å². The molecule has 2 aromatic rings. The summed E-state index contributed by atoms with van der Waals surface area (Å²) in [6, 6.07) is 4.17. The molecule has 38 heavy (non-hydrogen) atoms. The zero-order valence-corrected chi connectivity index (χ0v) is 21.3. The number of rotatable bonds is 5. The lowest BCUT2D eigenvalue weighted by molar-refractivity contribution is -0.157. The van der Waals surface area contributed by atoms with Gasteiger partial charge in [-0.2, -0.15) is 0 Å². The van der Waals surface area contributed by atoms with E-state index in [-0.39, 0.29) is 17.7 Å². The molecule has 0 bridgehead atoms. The van der Waals surface area contributed by atoms with Crippen molar-refractivity contribution in [2.75, 3.05) is 21.2 Å². The molecule has 5 rings (SSSR count). The topological polar surface area (TPSA) is 157 Å². The predicted molar refractivity (Wildman–Crippen MR) is 134 cm³/mol. The molecule has 1 amide bonds. The van der Waals surface area contributed by atoms with E-state index < -0.39 is 64.7 Å². The molecular formula is C28H29N3O7. The number of hydrogen-bond acceptors (Lipinski definition) is 9. The second-order valence-corrected chi connectivity index (χ2v) is 10.6. The third kappa shape index (κ3) is 3.86. The van der Waals surface area contributed by atoms with Gasteiger partial charge in [0, 0.05) is 25.1 Å². The van der Waals surface area contributed by atoms with Gasteiger partial charge in [-0.25, -0.2) is 0 Å². The first-order chi connectivity index (χ1) is 18.1. The van der Waals surface area contributed by atoms with Crippen LogP contribution in [0.4, 0.5) is 0 Å². The molecule has 6 atom stereocenters. The standard InChI is InChI=1S/C28H29N3O7/c1-31(2)23-17-8-13-7-16-15(14-6-12(11-38-3)9-30-10-14)4-5-18(32)20(16)24(33)19(13)25(34)21(17)26(35)22(27(23)36)28(29)37/h4-6,9-10,13,17,19,21-23,32H,7-8,11H2,1-3H3,(H2,29,37)/t13-,17?,19?,21?,22?,23-/m0/s1. The van der Waals surface area contributed by atoms with Gasteiger partial charge < -0.3 is 15.6 Å². The van der Waals surface area contributed by atoms with Crippen LogP contribution in [0.2, 0.25) is 0 Å². The fourth-order valence-electron chi connectivity index (χ4n) is 6.78. The van der Waals surface area contributed by atoms with Crippen LogP contribution in [0, 0.1) is 29.6 Å². The van der Waals surface area contributed by atoms with Crippen LogP contribution in [0.15, 0.2) is 30.6 Å². The minimum Gasteiger partial charge on any atom is -0.507 e. The van der Waals surface area contributed by atoms with Crippen LogP contribution < -0.4 is 5.73 Å². The minimum atomic E-state index is -1.72. The van der Waals surface area contributed by atoms with Gasteiger partial charge in [0.2, 0.25) is 5.91 Å². The zero-order chi connectivity index (χ0) is 27.5. The van der Waals surface area contributed by atoms with Gasteiger partial charge in [0.1, 0.15) is 5.75 Å². The maximum absolute atomic E-state index is 13.8. The Morgan fingerprint density at radius 3 is 2.50 bits per heavy atom. The molecule has 3 aliphatic carbocycles. The summed E-state index contributed by atoms with van der Waals surface area (Å²) in [6.07, 6.45) is 3.89. The van der Waals surface area contributed by atoms with Crippen molar-refractivity contribution in [2.24, 2.45) is 35.3 Å². The molecule has 3 N–H and O–H groups in total. The molecule has 2 saturated carbocycles. The average molecular weight is 520 g/mol. The van der Waals surface area contributed by atoms with E-state index in [2.05, 4.69) is 4.98 Å². The first-order valence-corrected chi connectivity index (χ1v) is 12.5. The number of primary amides is 1. The molecule has 0 saturated heterocycles. The predicted octanol–water partition coefficient (Wildman–Crippen LogP) is 0.960. The SMILES string of the molecule is COCc1cncc(-c2ccc(O)c3c2C[C@H]2CC4C(C(=O)C(C(N)=O)C(=O)[C@H]4N(C)C)C(=O)C2C3=O)c1. The summed E-state index contributed by atoms with van der Waals surface area (Å²) in [4.78, 5) is 72.0. The third-order valence-electron chi connectivity index (χ3n) is 8.20. The van der Waals surface area contributed by atoms with Gasteiger partial charge in [0.05, 0.1) is 30.0 Å². The number of pyridine rings is 1. The summed E-state index contributed by atoms with van der Waals surface area (Å²) < 4.78 is 5.21. The molecule has 4 unspecified atom stereocenters. The van der Waals surface area contributed by atoms with Crippen LogP contribution >= 0.6 is 0 Å². The first kappa shape index (κ1) is 25.9. The van der Waals surface area contributed by atoms with E-state index in [1.54, 1.807) is 44.6 Å². The second kappa shape index (κ2) is 9.52. The fraction of sp³-hybridized carbons (Fsp3) is 0.429. The van der Waals surface area contributed by atoms with Crippen molar-refractivity contribution in [1.82, 2.24) is 9.88 Å². The Kier molecular flexibility index (Phi) is 6.48. The van der Waals surface area contributed by atoms with Gasteiger partial charge in [-0.05, 0) is 67.6 Å². The highest BCUT2D eigenvalue weighted by atomic mass is 16.5. The number of nitrogens with two attached hydrogens (primary N) is 1. The molecule has 1 aromatic carbocycles. The molecule has 1 aromatic heterocycles. The van der Waals surface area contributed by atoms with Gasteiger partial charge in [0.25, 0.3) is 0 Å². The van der Waals surface area contributed by atoms with E-state index in [4.69, 9.17) is 10.5 Å². The maximum atomic E-state index is 13.8. The number of carbonyl (C=O) groups is 5. The molecule has 3 aliphatic rings. The van der Waals surface area contributed by atoms with Crippen LogP contribution in [0.25, 0.3) is 11.1 Å². The second-order valence-electron chi connectivity index (χ2n) is 10.6. The lowest BCUT2D eigenvalue weighted by Crippen LogP contribution is -2.64. The number of ketones is 4. The molecule has 0 aliphatic heterocycles. The number of carbonyl (C=O) groups excluding carboxylic acids is 5. The minimum absolute atomic E-state index is 0.0580. The fourth-order valence-corrected chi connectivity index (χ4v) is 6.78. The molecule has 1 heterocycles. The monoisotopic (exact) mass is 519 g/mol. The van der Waals surface area contributed by atoms with Crippen LogP contribution in [-0.4, -0.2) is 71.3 Å². The van der Waals surface area contributed by atoms with Crippen LogP contribution in [-0.2, 0) is 36.9 Å². The molecule has 0 radical (unpaired) electrons. The quantitative estimate of drug-likeness (QED) is 0.549. The number of phenols is 1. The van der Waals surface area contributed by atoms with Crippen molar-refractivity contribution in [3.05, 3.63) is 47.3 Å². The summed E-state index contributed by atoms with van der Waals surface area (Å²) in [5.41, 5.74) is 8.33. The lowest BCUT2D eigenvalue weighted by atomic mass is 9.54. The number of methoxy groups -OCH3 is 1. The average Bonchev–Trinajstić information content (AvgIpc) is 2.83. The van der Waals surface area contributed by atoms with Gasteiger partial charge in [-0.3, -0.25) is 33.9 Å². The van der Waals surface area contributed by atoms with E-state index >= 15 is 0 Å². The van der Waals surface area contributed by atoms with Crippen LogP contribution in [0.5, 0.6) is 5.75 Å². The van der Waals surface area contributed by atoms with E-state index in [0.717, 1.165) is 11.1 Å². The highest BCUT2D eigenvalue weighted by Gasteiger charge is 2.61. The Morgan fingerprint density at radius 2 is 1.84 bits per heavy atom. The van der Waals surface area contributed by atoms with E-state index in [9.17, 15) is 29.1 Å². The van der Waals surface area contributed by atoms with Crippen molar-refractivity contribution in [2.45, 2.75) is 25.5 Å². The summed E-state index contributed by atoms with van der Waals surface area (Å²) in [5.74, 6) is -9.25. The normalized spacial score (nSPS) is 28.6. The van der Waals surface area contributed by atoms with Crippen molar-refractivity contribution >= 4 is 29.0 Å². The van der Waals surface area contributed by atoms with Crippen LogP contribution in [0.1, 0.15) is 27.9 Å². The highest BCUT2D eigenvalue weighted by molar-refractivity contribution is 6.28. The molecular weight excluding hydrogens is 490 g/mol. The number of aromatic nitrogens is 1. The smallest absolute Gasteiger partial charge is 0.235 e. The van der Waals surface area contributed by atoms with E-state index in [1.165, 1.54) is 6.07 Å². The highest BCUT2D eigenvalue weighted by Crippen LogP contribution is 2.50. The number of phenolic OH excluding ortho intramolecular Hbond substituents is 1. The Bertz CT molecular complexity index is 1380. The number of aromatic hydroxyl groups is 1. The number of ether oxygens (including phenoxy) is 1. The van der Waals surface area contributed by atoms with Crippen molar-refractivity contribution < 1.29 is 33.8 Å². The van der Waals surface area contributed by atoms with Gasteiger partial charge in [0.15, 0.2) is 29.1 Å². The summed E-state index contributed by atoms with van der Waals surface area (Å²) in [5, 5.41) is 10.7. The Morgan fingerprint density at radius 1 is 1.11 bits per heavy atom. The maximum Gasteiger partial charge on any atom is 0.235 e. The number of benzene rings is 1. The van der Waals surface area contributed by atoms with Gasteiger partial charge in [-0.15, -0.1) is 0 Å². The molecule has 2 fully saturated rings. The van der Waals surface area contributed by atoms with Gasteiger partial charge >= 0.3 is 0 Å². The number of amides is 1. The van der Waals surface area contributed by atoms with Crippen molar-refractivity contribution in [3.8, 4) is 16.9 Å². The number of hydrogen-bond donors (Lipinski definition) is 2. The van der Waals surface area contributed by atoms with Gasteiger partial charge in [-0.1, -0.05) is 6.07 Å². The Hall–Kier alpha value is -3.76. The summed E-state index contributed by atoms with van der Waals surface area (Å²) in [7, 11) is 4.89. The number of nitrogens with zero attached hydrogens (tertiary/aromatic N) is 2. The molecule has 10 nitrogen and oxygen atoms in total. The Balaban J connectivity index is 1.61. The lowest BCUT2D eigenvalue weighted by Gasteiger charge is -2.48. The number of Topliss-reactive ketones (excluding diaryl/α,β-unsaturated/α-hetero) is 4. The largest absolute Gasteiger partial charge is 0.507 e. The van der Waals surface area contributed by atoms with Crippen LogP contribution in [0.3, 0.4) is 0 Å². The van der Waals surface area contributed by atoms with E-state index in [1.807, 2.05) is 6.07 Å². The number of likely N-dealkylation sites (N-methyl/N-ethyl adjacent to an activating group) is 1. The number of fused-ring (bicyclic) bond motifs is 3. The zero-order valence-electron chi connectivity index (χ0n) is 21.3.